The third-order valence-corrected chi connectivity index (χ3v) is 3.98. The van der Waals surface area contributed by atoms with E-state index in [9.17, 15) is 5.11 Å². The van der Waals surface area contributed by atoms with Gasteiger partial charge in [0.05, 0.1) is 5.69 Å². The van der Waals surface area contributed by atoms with Gasteiger partial charge in [0, 0.05) is 30.7 Å². The van der Waals surface area contributed by atoms with E-state index < -0.39 is 0 Å². The van der Waals surface area contributed by atoms with Crippen LogP contribution < -0.4 is 5.32 Å². The Bertz CT molecular complexity index is 348. The minimum atomic E-state index is 0.110. The van der Waals surface area contributed by atoms with Gasteiger partial charge in [0.25, 0.3) is 0 Å². The maximum atomic E-state index is 9.51. The topological polar surface area (TPSA) is 58.3 Å². The average Bonchev–Trinajstić information content (AvgIpc) is 2.91. The maximum absolute atomic E-state index is 9.51. The van der Waals surface area contributed by atoms with Gasteiger partial charge in [-0.25, -0.2) is 0 Å². The molecule has 1 heterocycles. The Labute approximate surface area is 102 Å². The van der Waals surface area contributed by atoms with Crippen LogP contribution in [-0.2, 0) is 6.54 Å². The molecule has 0 spiro atoms. The summed E-state index contributed by atoms with van der Waals surface area (Å²) in [6.45, 7) is 5.86. The molecule has 1 aromatic heterocycles. The van der Waals surface area contributed by atoms with Gasteiger partial charge in [-0.1, -0.05) is 18.0 Å². The third kappa shape index (κ3) is 2.69. The van der Waals surface area contributed by atoms with Crippen molar-refractivity contribution in [3.05, 3.63) is 17.0 Å². The summed E-state index contributed by atoms with van der Waals surface area (Å²) in [7, 11) is 0. The quantitative estimate of drug-likeness (QED) is 0.823. The van der Waals surface area contributed by atoms with Crippen LogP contribution >= 0.6 is 0 Å². The Balaban J connectivity index is 1.87. The van der Waals surface area contributed by atoms with E-state index in [1.807, 2.05) is 13.8 Å². The molecule has 0 atom stereocenters. The molecule has 4 nitrogen and oxygen atoms in total. The normalized spacial score (nSPS) is 18.8. The van der Waals surface area contributed by atoms with E-state index >= 15 is 0 Å². The van der Waals surface area contributed by atoms with Gasteiger partial charge >= 0.3 is 0 Å². The van der Waals surface area contributed by atoms with Gasteiger partial charge in [-0.2, -0.15) is 0 Å². The van der Waals surface area contributed by atoms with Crippen LogP contribution in [0.2, 0.25) is 0 Å². The van der Waals surface area contributed by atoms with E-state index in [4.69, 9.17) is 4.52 Å². The lowest BCUT2D eigenvalue weighted by Crippen LogP contribution is -2.35. The molecule has 1 aliphatic carbocycles. The number of nitrogens with one attached hydrogen (secondary N) is 1. The lowest BCUT2D eigenvalue weighted by Gasteiger charge is -2.26. The Hall–Kier alpha value is -0.870. The predicted molar refractivity (Wildman–Crippen MR) is 65.7 cm³/mol. The van der Waals surface area contributed by atoms with Gasteiger partial charge in [-0.3, -0.25) is 0 Å². The van der Waals surface area contributed by atoms with Crippen molar-refractivity contribution in [1.82, 2.24) is 10.5 Å². The summed E-state index contributed by atoms with van der Waals surface area (Å²) in [6, 6.07) is 0. The fraction of sp³-hybridized carbons (Fsp3) is 0.769. The van der Waals surface area contributed by atoms with Crippen LogP contribution in [0.25, 0.3) is 0 Å². The second-order valence-corrected chi connectivity index (χ2v) is 5.27. The van der Waals surface area contributed by atoms with E-state index in [2.05, 4.69) is 10.5 Å². The van der Waals surface area contributed by atoms with Crippen LogP contribution in [-0.4, -0.2) is 23.4 Å². The molecule has 1 aliphatic rings. The van der Waals surface area contributed by atoms with Gasteiger partial charge in [-0.15, -0.1) is 0 Å². The van der Waals surface area contributed by atoms with Crippen LogP contribution in [0.5, 0.6) is 0 Å². The first kappa shape index (κ1) is 12.6. The molecule has 4 heteroatoms. The van der Waals surface area contributed by atoms with Crippen LogP contribution in [0.1, 0.15) is 42.7 Å². The zero-order valence-electron chi connectivity index (χ0n) is 10.8. The number of aryl methyl sites for hydroxylation is 2. The number of aliphatic hydroxyl groups is 1. The summed E-state index contributed by atoms with van der Waals surface area (Å²) >= 11 is 0. The largest absolute Gasteiger partial charge is 0.396 e. The van der Waals surface area contributed by atoms with Crippen molar-refractivity contribution in [3.8, 4) is 0 Å². The Morgan fingerprint density at radius 3 is 2.59 bits per heavy atom. The van der Waals surface area contributed by atoms with E-state index in [-0.39, 0.29) is 5.41 Å². The molecule has 0 aromatic carbocycles. The van der Waals surface area contributed by atoms with Crippen LogP contribution in [0, 0.1) is 19.3 Å². The lowest BCUT2D eigenvalue weighted by atomic mass is 9.87. The van der Waals surface area contributed by atoms with Crippen molar-refractivity contribution < 1.29 is 9.63 Å². The molecule has 0 bridgehead atoms. The fourth-order valence-electron chi connectivity index (χ4n) is 2.72. The summed E-state index contributed by atoms with van der Waals surface area (Å²) in [5, 5.41) is 16.9. The summed E-state index contributed by atoms with van der Waals surface area (Å²) < 4.78 is 5.13. The highest BCUT2D eigenvalue weighted by atomic mass is 16.5. The molecule has 96 valence electrons. The monoisotopic (exact) mass is 238 g/mol. The van der Waals surface area contributed by atoms with Gasteiger partial charge in [-0.05, 0) is 26.7 Å². The lowest BCUT2D eigenvalue weighted by molar-refractivity contribution is 0.128. The van der Waals surface area contributed by atoms with Crippen molar-refractivity contribution in [2.24, 2.45) is 5.41 Å². The fourth-order valence-corrected chi connectivity index (χ4v) is 2.72. The first-order valence-electron chi connectivity index (χ1n) is 6.40. The van der Waals surface area contributed by atoms with Gasteiger partial charge in [0.1, 0.15) is 5.76 Å². The second-order valence-electron chi connectivity index (χ2n) is 5.27. The number of aliphatic hydroxyl groups excluding tert-OH is 1. The smallest absolute Gasteiger partial charge is 0.138 e. The Morgan fingerprint density at radius 1 is 1.35 bits per heavy atom. The van der Waals surface area contributed by atoms with Crippen molar-refractivity contribution in [1.29, 1.82) is 0 Å². The summed E-state index contributed by atoms with van der Waals surface area (Å²) in [5.41, 5.74) is 2.22. The predicted octanol–water partition coefficient (Wildman–Crippen LogP) is 1.93. The van der Waals surface area contributed by atoms with Crippen LogP contribution in [0.3, 0.4) is 0 Å². The number of rotatable bonds is 5. The number of hydrogen-bond donors (Lipinski definition) is 2. The zero-order chi connectivity index (χ0) is 12.3. The van der Waals surface area contributed by atoms with Crippen molar-refractivity contribution in [2.45, 2.75) is 46.1 Å². The molecule has 0 aliphatic heterocycles. The first-order valence-corrected chi connectivity index (χ1v) is 6.40. The standard InChI is InChI=1S/C13H22N2O2/c1-10-12(11(2)17-15-10)7-14-8-13(9-16)5-3-4-6-13/h14,16H,3-9H2,1-2H3. The SMILES string of the molecule is Cc1noc(C)c1CNCC1(CO)CCCC1. The molecule has 2 N–H and O–H groups in total. The molecule has 1 aromatic rings. The average molecular weight is 238 g/mol. The number of aromatic nitrogens is 1. The molecular weight excluding hydrogens is 216 g/mol. The number of nitrogens with zero attached hydrogens (tertiary/aromatic N) is 1. The van der Waals surface area contributed by atoms with E-state index in [0.717, 1.165) is 42.9 Å². The zero-order valence-corrected chi connectivity index (χ0v) is 10.8. The molecule has 0 amide bonds. The van der Waals surface area contributed by atoms with Gasteiger partial charge < -0.3 is 14.9 Å². The van der Waals surface area contributed by atoms with Crippen LogP contribution in [0.4, 0.5) is 0 Å². The summed E-state index contributed by atoms with van der Waals surface area (Å²) in [5.74, 6) is 0.888. The molecule has 0 unspecified atom stereocenters. The molecular formula is C13H22N2O2. The molecule has 1 fully saturated rings. The highest BCUT2D eigenvalue weighted by molar-refractivity contribution is 5.20. The summed E-state index contributed by atoms with van der Waals surface area (Å²) in [6.07, 6.45) is 4.76. The highest BCUT2D eigenvalue weighted by Gasteiger charge is 2.32. The second kappa shape index (κ2) is 5.19. The highest BCUT2D eigenvalue weighted by Crippen LogP contribution is 2.36. The molecule has 17 heavy (non-hydrogen) atoms. The molecule has 0 saturated heterocycles. The molecule has 0 radical (unpaired) electrons. The Morgan fingerprint density at radius 2 is 2.06 bits per heavy atom. The van der Waals surface area contributed by atoms with E-state index in [1.165, 1.54) is 12.8 Å². The minimum Gasteiger partial charge on any atom is -0.396 e. The Kier molecular flexibility index (Phi) is 3.84. The van der Waals surface area contributed by atoms with Crippen molar-refractivity contribution >= 4 is 0 Å². The minimum absolute atomic E-state index is 0.110. The summed E-state index contributed by atoms with van der Waals surface area (Å²) in [4.78, 5) is 0. The molecule has 1 saturated carbocycles. The number of hydrogen-bond acceptors (Lipinski definition) is 4. The van der Waals surface area contributed by atoms with Gasteiger partial charge in [0.2, 0.25) is 0 Å². The van der Waals surface area contributed by atoms with Crippen molar-refractivity contribution in [2.75, 3.05) is 13.2 Å². The van der Waals surface area contributed by atoms with Crippen LogP contribution in [0.15, 0.2) is 4.52 Å². The third-order valence-electron chi connectivity index (χ3n) is 3.98. The van der Waals surface area contributed by atoms with E-state index in [1.54, 1.807) is 0 Å². The molecule has 2 rings (SSSR count). The van der Waals surface area contributed by atoms with Crippen molar-refractivity contribution in [3.63, 3.8) is 0 Å². The maximum Gasteiger partial charge on any atom is 0.138 e. The first-order chi connectivity index (χ1) is 8.17. The van der Waals surface area contributed by atoms with Gasteiger partial charge in [0.15, 0.2) is 0 Å². The van der Waals surface area contributed by atoms with E-state index in [0.29, 0.717) is 6.61 Å².